The molecule has 2 N–H and O–H groups in total. The topological polar surface area (TPSA) is 93.7 Å². The summed E-state index contributed by atoms with van der Waals surface area (Å²) in [5.41, 5.74) is 8.57. The van der Waals surface area contributed by atoms with E-state index in [1.807, 2.05) is 18.2 Å². The molecule has 1 amide bonds. The van der Waals surface area contributed by atoms with Crippen molar-refractivity contribution in [1.29, 1.82) is 0 Å². The van der Waals surface area contributed by atoms with Crippen molar-refractivity contribution in [3.8, 4) is 16.2 Å². The largest absolute Gasteiger partial charge is 0.490 e. The fraction of sp³-hybridized carbons (Fsp3) is 0.273. The second-order valence-electron chi connectivity index (χ2n) is 7.64. The lowest BCUT2D eigenvalue weighted by Crippen LogP contribution is -2.41. The summed E-state index contributed by atoms with van der Waals surface area (Å²) in [7, 11) is 1.58. The normalized spacial score (nSPS) is 20.8. The molecule has 31 heavy (non-hydrogen) atoms. The Labute approximate surface area is 182 Å². The molecule has 158 valence electrons. The first kappa shape index (κ1) is 19.6. The molecule has 3 aromatic rings. The van der Waals surface area contributed by atoms with Crippen molar-refractivity contribution in [2.45, 2.75) is 31.2 Å². The summed E-state index contributed by atoms with van der Waals surface area (Å²) in [6.07, 6.45) is 5.43. The van der Waals surface area contributed by atoms with Gasteiger partial charge in [0.2, 0.25) is 0 Å². The average molecular weight is 438 g/mol. The number of rotatable bonds is 6. The maximum absolute atomic E-state index is 13.5. The van der Waals surface area contributed by atoms with Gasteiger partial charge in [-0.15, -0.1) is 11.3 Å². The van der Waals surface area contributed by atoms with Gasteiger partial charge in [-0.2, -0.15) is 0 Å². The van der Waals surface area contributed by atoms with Crippen LogP contribution in [0.5, 0.6) is 5.75 Å². The van der Waals surface area contributed by atoms with Crippen LogP contribution in [-0.2, 0) is 17.0 Å². The monoisotopic (exact) mass is 437 g/mol. The maximum atomic E-state index is 13.5. The van der Waals surface area contributed by atoms with Gasteiger partial charge in [-0.05, 0) is 59.9 Å². The molecule has 1 saturated carbocycles. The predicted octanol–water partition coefficient (Wildman–Crippen LogP) is 3.25. The molecule has 3 heterocycles. The van der Waals surface area contributed by atoms with E-state index >= 15 is 0 Å². The number of carbonyl (C=O) groups excluding carboxylic acids is 1. The van der Waals surface area contributed by atoms with Crippen LogP contribution in [0.3, 0.4) is 0 Å². The molecule has 1 aliphatic carbocycles. The minimum atomic E-state index is -1.45. The molecule has 1 atom stereocenters. The van der Waals surface area contributed by atoms with Gasteiger partial charge >= 0.3 is 0 Å². The van der Waals surface area contributed by atoms with Crippen molar-refractivity contribution < 1.29 is 13.9 Å². The average Bonchev–Trinajstić information content (AvgIpc) is 3.36. The summed E-state index contributed by atoms with van der Waals surface area (Å²) < 4.78 is 19.5. The molecule has 1 aromatic carbocycles. The Morgan fingerprint density at radius 2 is 2.13 bits per heavy atom. The lowest BCUT2D eigenvalue weighted by atomic mass is 9.82. The molecule has 9 heteroatoms. The SMILES string of the molecule is CN1C(=O)C(c2cc(OC3CC3)cc(-c3cncs3)c2)(c2ccnc(CF)c2)N=C1N. The smallest absolute Gasteiger partial charge is 0.266 e. The number of nitrogens with two attached hydrogens (primary N) is 1. The van der Waals surface area contributed by atoms with E-state index < -0.39 is 12.2 Å². The van der Waals surface area contributed by atoms with Gasteiger partial charge in [-0.25, -0.2) is 9.38 Å². The van der Waals surface area contributed by atoms with Crippen molar-refractivity contribution in [1.82, 2.24) is 14.9 Å². The molecule has 2 aromatic heterocycles. The first-order valence-corrected chi connectivity index (χ1v) is 10.7. The number of likely N-dealkylation sites (N-methyl/N-ethyl adjacent to an activating group) is 1. The van der Waals surface area contributed by atoms with Crippen LogP contribution in [-0.4, -0.2) is 39.9 Å². The lowest BCUT2D eigenvalue weighted by Gasteiger charge is -2.27. The van der Waals surface area contributed by atoms with Gasteiger partial charge in [0.1, 0.15) is 12.4 Å². The van der Waals surface area contributed by atoms with E-state index in [1.165, 1.54) is 22.4 Å². The number of aliphatic imine (C=N–C) groups is 1. The molecule has 1 aliphatic heterocycles. The third-order valence-corrected chi connectivity index (χ3v) is 6.30. The fourth-order valence-corrected chi connectivity index (χ4v) is 4.33. The summed E-state index contributed by atoms with van der Waals surface area (Å²) in [6, 6.07) is 8.91. The number of benzene rings is 1. The predicted molar refractivity (Wildman–Crippen MR) is 115 cm³/mol. The highest BCUT2D eigenvalue weighted by atomic mass is 32.1. The number of hydrogen-bond donors (Lipinski definition) is 1. The zero-order valence-corrected chi connectivity index (χ0v) is 17.6. The van der Waals surface area contributed by atoms with E-state index in [9.17, 15) is 9.18 Å². The second-order valence-corrected chi connectivity index (χ2v) is 8.53. The summed E-state index contributed by atoms with van der Waals surface area (Å²) in [4.78, 5) is 28.6. The number of thiazole rings is 1. The maximum Gasteiger partial charge on any atom is 0.266 e. The Morgan fingerprint density at radius 1 is 1.29 bits per heavy atom. The highest BCUT2D eigenvalue weighted by molar-refractivity contribution is 7.13. The van der Waals surface area contributed by atoms with Crippen LogP contribution in [0.15, 0.2) is 53.2 Å². The van der Waals surface area contributed by atoms with Crippen LogP contribution in [0, 0.1) is 0 Å². The van der Waals surface area contributed by atoms with Crippen LogP contribution in [0.1, 0.15) is 29.7 Å². The Kier molecular flexibility index (Phi) is 4.70. The van der Waals surface area contributed by atoms with E-state index in [0.717, 1.165) is 23.3 Å². The zero-order valence-electron chi connectivity index (χ0n) is 16.8. The Balaban J connectivity index is 1.75. The highest BCUT2D eigenvalue weighted by Crippen LogP contribution is 2.43. The molecule has 0 radical (unpaired) electrons. The minimum Gasteiger partial charge on any atom is -0.490 e. The quantitative estimate of drug-likeness (QED) is 0.639. The Hall–Kier alpha value is -3.33. The molecular weight excluding hydrogens is 417 g/mol. The van der Waals surface area contributed by atoms with Crippen LogP contribution >= 0.6 is 11.3 Å². The fourth-order valence-electron chi connectivity index (χ4n) is 3.72. The van der Waals surface area contributed by atoms with Gasteiger partial charge in [-0.3, -0.25) is 19.7 Å². The Bertz CT molecular complexity index is 1180. The molecule has 0 bridgehead atoms. The summed E-state index contributed by atoms with van der Waals surface area (Å²) in [6.45, 7) is -0.746. The molecule has 5 rings (SSSR count). The summed E-state index contributed by atoms with van der Waals surface area (Å²) in [5, 5.41) is 0. The number of carbonyl (C=O) groups is 1. The van der Waals surface area contributed by atoms with Gasteiger partial charge in [-0.1, -0.05) is 0 Å². The van der Waals surface area contributed by atoms with Gasteiger partial charge in [0, 0.05) is 19.4 Å². The highest BCUT2D eigenvalue weighted by Gasteiger charge is 2.50. The van der Waals surface area contributed by atoms with Crippen LogP contribution < -0.4 is 10.5 Å². The molecule has 1 fully saturated rings. The standard InChI is InChI=1S/C22H20FN5O2S/c1-28-20(29)22(27-21(28)24,14-4-5-26-16(8-14)10-23)15-6-13(19-11-25-12-31-19)7-18(9-15)30-17-2-3-17/h4-9,11-12,17H,2-3,10H2,1H3,(H2,24,27). The van der Waals surface area contributed by atoms with E-state index in [-0.39, 0.29) is 23.7 Å². The molecule has 2 aliphatic rings. The Morgan fingerprint density at radius 3 is 2.77 bits per heavy atom. The zero-order chi connectivity index (χ0) is 21.6. The number of alkyl halides is 1. The molecule has 1 unspecified atom stereocenters. The van der Waals surface area contributed by atoms with Gasteiger partial charge < -0.3 is 10.5 Å². The van der Waals surface area contributed by atoms with Crippen LogP contribution in [0.2, 0.25) is 0 Å². The number of ether oxygens (including phenoxy) is 1. The number of hydrogen-bond acceptors (Lipinski definition) is 7. The number of amides is 1. The lowest BCUT2D eigenvalue weighted by molar-refractivity contribution is -0.129. The van der Waals surface area contributed by atoms with Gasteiger partial charge in [0.15, 0.2) is 11.5 Å². The first-order chi connectivity index (χ1) is 15.0. The summed E-state index contributed by atoms with van der Waals surface area (Å²) >= 11 is 1.49. The van der Waals surface area contributed by atoms with Crippen LogP contribution in [0.4, 0.5) is 4.39 Å². The van der Waals surface area contributed by atoms with E-state index in [0.29, 0.717) is 16.9 Å². The van der Waals surface area contributed by atoms with E-state index in [1.54, 1.807) is 30.9 Å². The first-order valence-electron chi connectivity index (χ1n) is 9.87. The van der Waals surface area contributed by atoms with Crippen LogP contribution in [0.25, 0.3) is 10.4 Å². The van der Waals surface area contributed by atoms with E-state index in [4.69, 9.17) is 10.5 Å². The third kappa shape index (κ3) is 3.34. The van der Waals surface area contributed by atoms with Crippen molar-refractivity contribution in [3.05, 3.63) is 65.1 Å². The number of halogens is 1. The van der Waals surface area contributed by atoms with Crippen molar-refractivity contribution in [2.24, 2.45) is 10.7 Å². The second kappa shape index (κ2) is 7.42. The number of pyridine rings is 1. The third-order valence-electron chi connectivity index (χ3n) is 5.48. The van der Waals surface area contributed by atoms with Crippen molar-refractivity contribution >= 4 is 23.2 Å². The molecule has 7 nitrogen and oxygen atoms in total. The molecule has 0 saturated heterocycles. The summed E-state index contributed by atoms with van der Waals surface area (Å²) in [5.74, 6) is 0.426. The van der Waals surface area contributed by atoms with Crippen molar-refractivity contribution in [3.63, 3.8) is 0 Å². The van der Waals surface area contributed by atoms with Gasteiger partial charge in [0.25, 0.3) is 5.91 Å². The molecular formula is C22H20FN5O2S. The number of nitrogens with zero attached hydrogens (tertiary/aromatic N) is 4. The number of aromatic nitrogens is 2. The van der Waals surface area contributed by atoms with E-state index in [2.05, 4.69) is 15.0 Å². The van der Waals surface area contributed by atoms with Gasteiger partial charge in [0.05, 0.1) is 22.2 Å². The van der Waals surface area contributed by atoms with Crippen molar-refractivity contribution in [2.75, 3.05) is 7.05 Å². The number of guanidine groups is 1. The minimum absolute atomic E-state index is 0.0939. The molecule has 0 spiro atoms.